The van der Waals surface area contributed by atoms with Gasteiger partial charge in [-0.25, -0.2) is 0 Å². The zero-order valence-corrected chi connectivity index (χ0v) is 11.8. The molecule has 0 aliphatic heterocycles. The zero-order valence-electron chi connectivity index (χ0n) is 11.8. The number of amides is 2. The third-order valence-corrected chi connectivity index (χ3v) is 2.65. The summed E-state index contributed by atoms with van der Waals surface area (Å²) in [4.78, 5) is 21.3. The van der Waals surface area contributed by atoms with Crippen LogP contribution in [-0.4, -0.2) is 48.6 Å². The van der Waals surface area contributed by atoms with Crippen LogP contribution in [0, 0.1) is 0 Å². The lowest BCUT2D eigenvalue weighted by atomic mass is 9.98. The third-order valence-electron chi connectivity index (χ3n) is 2.65. The minimum Gasteiger partial charge on any atom is -0.346 e. The average molecular weight is 368 g/mol. The van der Waals surface area contributed by atoms with E-state index >= 15 is 0 Å². The molecule has 0 aliphatic rings. The molecule has 0 fully saturated rings. The molecule has 0 aromatic rings. The molecule has 2 amide bonds. The Labute approximate surface area is 130 Å². The molecule has 0 heterocycles. The molecule has 0 aromatic heterocycles. The number of alkyl halides is 8. The summed E-state index contributed by atoms with van der Waals surface area (Å²) in [6, 6.07) is 0. The van der Waals surface area contributed by atoms with Crippen LogP contribution in [0.1, 0.15) is 0 Å². The van der Waals surface area contributed by atoms with E-state index in [2.05, 4.69) is 13.2 Å². The molecule has 138 valence electrons. The van der Waals surface area contributed by atoms with Crippen molar-refractivity contribution >= 4 is 11.8 Å². The molecule has 0 aliphatic carbocycles. The van der Waals surface area contributed by atoms with Crippen LogP contribution < -0.4 is 10.6 Å². The molecule has 2 N–H and O–H groups in total. The van der Waals surface area contributed by atoms with E-state index in [0.29, 0.717) is 12.2 Å². The van der Waals surface area contributed by atoms with Crippen LogP contribution in [0.15, 0.2) is 25.3 Å². The molecule has 0 bridgehead atoms. The number of halogens is 8. The first kappa shape index (κ1) is 21.9. The van der Waals surface area contributed by atoms with Crippen molar-refractivity contribution in [1.82, 2.24) is 10.6 Å². The molecule has 0 atom stereocenters. The summed E-state index contributed by atoms with van der Waals surface area (Å²) < 4.78 is 106. The van der Waals surface area contributed by atoms with Gasteiger partial charge in [0.15, 0.2) is 0 Å². The van der Waals surface area contributed by atoms with Gasteiger partial charge in [-0.3, -0.25) is 9.59 Å². The van der Waals surface area contributed by atoms with Crippen LogP contribution in [0.25, 0.3) is 0 Å². The Kier molecular flexibility index (Phi) is 6.54. The number of nitrogens with one attached hydrogen (secondary N) is 2. The SMILES string of the molecule is C=CC(=O)NCC(F)(F)C(F)(F)C(F)(F)C(F)(F)CNC(=O)C=C. The van der Waals surface area contributed by atoms with Crippen molar-refractivity contribution < 1.29 is 44.7 Å². The molecule has 12 heteroatoms. The molecule has 24 heavy (non-hydrogen) atoms. The van der Waals surface area contributed by atoms with Crippen LogP contribution in [0.5, 0.6) is 0 Å². The predicted molar refractivity (Wildman–Crippen MR) is 66.2 cm³/mol. The molecule has 0 saturated heterocycles. The minimum absolute atomic E-state index is 0.381. The van der Waals surface area contributed by atoms with Crippen molar-refractivity contribution in [2.45, 2.75) is 23.7 Å². The third kappa shape index (κ3) is 4.23. The van der Waals surface area contributed by atoms with E-state index in [1.165, 1.54) is 0 Å². The zero-order chi connectivity index (χ0) is 19.4. The standard InChI is InChI=1S/C12H12F8N2O2/c1-3-7(23)21-5-9(13,14)11(17,18)12(19,20)10(15,16)6-22-8(24)4-2/h3-4H,1-2,5-6H2,(H,21,23)(H,22,24). The van der Waals surface area contributed by atoms with E-state index in [0.717, 1.165) is 10.6 Å². The van der Waals surface area contributed by atoms with Gasteiger partial charge in [-0.1, -0.05) is 13.2 Å². The highest BCUT2D eigenvalue weighted by molar-refractivity contribution is 5.87. The van der Waals surface area contributed by atoms with Crippen molar-refractivity contribution in [2.75, 3.05) is 13.1 Å². The Bertz CT molecular complexity index is 473. The van der Waals surface area contributed by atoms with E-state index in [1.807, 2.05) is 0 Å². The molecule has 0 unspecified atom stereocenters. The summed E-state index contributed by atoms with van der Waals surface area (Å²) in [5.41, 5.74) is 0. The highest BCUT2D eigenvalue weighted by atomic mass is 19.4. The van der Waals surface area contributed by atoms with Crippen LogP contribution >= 0.6 is 0 Å². The summed E-state index contributed by atoms with van der Waals surface area (Å²) in [6.45, 7) is 0.924. The van der Waals surface area contributed by atoms with Gasteiger partial charge in [-0.05, 0) is 12.2 Å². The Balaban J connectivity index is 5.45. The molecular weight excluding hydrogens is 356 g/mol. The van der Waals surface area contributed by atoms with Gasteiger partial charge in [0, 0.05) is 0 Å². The van der Waals surface area contributed by atoms with Crippen LogP contribution in [-0.2, 0) is 9.59 Å². The highest BCUT2D eigenvalue weighted by Crippen LogP contribution is 2.52. The number of hydrogen-bond donors (Lipinski definition) is 2. The summed E-state index contributed by atoms with van der Waals surface area (Å²) in [5.74, 6) is -27.3. The van der Waals surface area contributed by atoms with Crippen molar-refractivity contribution in [3.8, 4) is 0 Å². The maximum atomic E-state index is 13.3. The molecular formula is C12H12F8N2O2. The first-order valence-corrected chi connectivity index (χ1v) is 5.98. The molecule has 0 radical (unpaired) electrons. The second-order valence-corrected chi connectivity index (χ2v) is 4.40. The Morgan fingerprint density at radius 1 is 0.708 bits per heavy atom. The Morgan fingerprint density at radius 2 is 0.958 bits per heavy atom. The number of carbonyl (C=O) groups excluding carboxylic acids is 2. The normalized spacial score (nSPS) is 13.2. The van der Waals surface area contributed by atoms with E-state index in [1.54, 1.807) is 0 Å². The van der Waals surface area contributed by atoms with Gasteiger partial charge in [-0.15, -0.1) is 0 Å². The fourth-order valence-electron chi connectivity index (χ4n) is 1.22. The quantitative estimate of drug-likeness (QED) is 0.484. The second-order valence-electron chi connectivity index (χ2n) is 4.40. The number of rotatable bonds is 9. The van der Waals surface area contributed by atoms with E-state index in [-0.39, 0.29) is 0 Å². The monoisotopic (exact) mass is 368 g/mol. The lowest BCUT2D eigenvalue weighted by Gasteiger charge is -2.36. The minimum atomic E-state index is -6.54. The van der Waals surface area contributed by atoms with Crippen molar-refractivity contribution in [3.05, 3.63) is 25.3 Å². The Morgan fingerprint density at radius 3 is 1.17 bits per heavy atom. The van der Waals surface area contributed by atoms with Crippen molar-refractivity contribution in [2.24, 2.45) is 0 Å². The summed E-state index contributed by atoms with van der Waals surface area (Å²) in [7, 11) is 0. The van der Waals surface area contributed by atoms with Gasteiger partial charge >= 0.3 is 23.7 Å². The fourth-order valence-corrected chi connectivity index (χ4v) is 1.22. The van der Waals surface area contributed by atoms with Crippen LogP contribution in [0.2, 0.25) is 0 Å². The molecule has 4 nitrogen and oxygen atoms in total. The first-order valence-electron chi connectivity index (χ1n) is 5.98. The molecule has 0 rings (SSSR count). The summed E-state index contributed by atoms with van der Waals surface area (Å²) in [5, 5.41) is 2.23. The lowest BCUT2D eigenvalue weighted by Crippen LogP contribution is -2.66. The van der Waals surface area contributed by atoms with Gasteiger partial charge in [0.05, 0.1) is 13.1 Å². The van der Waals surface area contributed by atoms with Gasteiger partial charge in [0.1, 0.15) is 0 Å². The van der Waals surface area contributed by atoms with E-state index in [9.17, 15) is 44.7 Å². The van der Waals surface area contributed by atoms with Crippen LogP contribution in [0.4, 0.5) is 35.1 Å². The second kappa shape index (κ2) is 7.18. The van der Waals surface area contributed by atoms with Crippen LogP contribution in [0.3, 0.4) is 0 Å². The Hall–Kier alpha value is -2.14. The number of carbonyl (C=O) groups is 2. The average Bonchev–Trinajstić information content (AvgIpc) is 2.49. The molecule has 0 saturated carbocycles. The number of hydrogen-bond acceptors (Lipinski definition) is 2. The van der Waals surface area contributed by atoms with E-state index < -0.39 is 48.6 Å². The maximum absolute atomic E-state index is 13.3. The summed E-state index contributed by atoms with van der Waals surface area (Å²) >= 11 is 0. The summed E-state index contributed by atoms with van der Waals surface area (Å²) in [6.07, 6.45) is 0.761. The fraction of sp³-hybridized carbons (Fsp3) is 0.500. The first-order chi connectivity index (χ1) is 10.7. The molecule has 0 aromatic carbocycles. The topological polar surface area (TPSA) is 58.2 Å². The van der Waals surface area contributed by atoms with Gasteiger partial charge < -0.3 is 10.6 Å². The van der Waals surface area contributed by atoms with E-state index in [4.69, 9.17) is 0 Å². The van der Waals surface area contributed by atoms with Crippen molar-refractivity contribution in [3.63, 3.8) is 0 Å². The largest absolute Gasteiger partial charge is 0.380 e. The smallest absolute Gasteiger partial charge is 0.346 e. The predicted octanol–water partition coefficient (Wildman–Crippen LogP) is 2.13. The van der Waals surface area contributed by atoms with Crippen molar-refractivity contribution in [1.29, 1.82) is 0 Å². The molecule has 0 spiro atoms. The lowest BCUT2D eigenvalue weighted by molar-refractivity contribution is -0.362. The van der Waals surface area contributed by atoms with Gasteiger partial charge in [-0.2, -0.15) is 35.1 Å². The van der Waals surface area contributed by atoms with Gasteiger partial charge in [0.25, 0.3) is 0 Å². The maximum Gasteiger partial charge on any atom is 0.380 e. The van der Waals surface area contributed by atoms with Gasteiger partial charge in [0.2, 0.25) is 11.8 Å². The highest BCUT2D eigenvalue weighted by Gasteiger charge is 2.80.